The molecule has 14 heteroatoms. The number of amides is 1. The van der Waals surface area contributed by atoms with Gasteiger partial charge in [-0.1, -0.05) is 30.7 Å². The molecule has 2 saturated heterocycles. The number of aromatic nitrogens is 5. The summed E-state index contributed by atoms with van der Waals surface area (Å²) >= 11 is 0. The van der Waals surface area contributed by atoms with Crippen LogP contribution in [0.5, 0.6) is 0 Å². The Bertz CT molecular complexity index is 2200. The largest absolute Gasteiger partial charge is 0.451 e. The van der Waals surface area contributed by atoms with Crippen LogP contribution in [0.15, 0.2) is 54.7 Å². The highest BCUT2D eigenvalue weighted by molar-refractivity contribution is 6.04. The van der Waals surface area contributed by atoms with E-state index in [4.69, 9.17) is 5.10 Å². The molecule has 5 aromatic rings. The lowest BCUT2D eigenvalue weighted by atomic mass is 9.94. The molecule has 2 fully saturated rings. The second-order valence-corrected chi connectivity index (χ2v) is 14.8. The summed E-state index contributed by atoms with van der Waals surface area (Å²) in [6.07, 6.45) is 2.85. The summed E-state index contributed by atoms with van der Waals surface area (Å²) in [5, 5.41) is 20.8. The first-order valence-corrected chi connectivity index (χ1v) is 18.8. The van der Waals surface area contributed by atoms with Gasteiger partial charge in [-0.3, -0.25) is 24.3 Å². The Morgan fingerprint density at radius 2 is 1.65 bits per heavy atom. The average molecular weight is 740 g/mol. The number of carbonyl (C=O) groups is 1. The van der Waals surface area contributed by atoms with E-state index < -0.39 is 18.1 Å². The van der Waals surface area contributed by atoms with Crippen molar-refractivity contribution in [3.05, 3.63) is 88.6 Å². The van der Waals surface area contributed by atoms with Crippen LogP contribution in [-0.2, 0) is 19.3 Å². The predicted octanol–water partition coefficient (Wildman–Crippen LogP) is 7.41. The van der Waals surface area contributed by atoms with Crippen LogP contribution in [0, 0.1) is 13.8 Å². The number of halogens is 3. The van der Waals surface area contributed by atoms with E-state index in [2.05, 4.69) is 30.5 Å². The number of carbonyl (C=O) groups excluding carboxylic acids is 1. The minimum atomic E-state index is -4.77. The fourth-order valence-electron chi connectivity index (χ4n) is 8.19. The maximum absolute atomic E-state index is 14.1. The van der Waals surface area contributed by atoms with Crippen molar-refractivity contribution in [2.45, 2.75) is 83.8 Å². The number of alkyl halides is 3. The monoisotopic (exact) mass is 739 g/mol. The van der Waals surface area contributed by atoms with Crippen LogP contribution in [0.4, 0.5) is 30.4 Å². The summed E-state index contributed by atoms with van der Waals surface area (Å²) in [6.45, 7) is 8.42. The molecule has 2 aromatic carbocycles. The molecular weight excluding hydrogens is 695 g/mol. The van der Waals surface area contributed by atoms with Crippen molar-refractivity contribution in [3.8, 4) is 11.1 Å². The highest BCUT2D eigenvalue weighted by atomic mass is 19.4. The van der Waals surface area contributed by atoms with Crippen molar-refractivity contribution < 1.29 is 23.1 Å². The summed E-state index contributed by atoms with van der Waals surface area (Å²) in [7, 11) is 0. The van der Waals surface area contributed by atoms with Crippen molar-refractivity contribution in [3.63, 3.8) is 0 Å². The number of fused-ring (bicyclic) bond motifs is 2. The minimum absolute atomic E-state index is 0.0567. The Hall–Kier alpha value is -4.92. The van der Waals surface area contributed by atoms with Crippen molar-refractivity contribution in [1.29, 1.82) is 0 Å². The second kappa shape index (κ2) is 14.7. The van der Waals surface area contributed by atoms with Gasteiger partial charge in [0.2, 0.25) is 5.82 Å². The van der Waals surface area contributed by atoms with Gasteiger partial charge in [0.25, 0.3) is 5.91 Å². The van der Waals surface area contributed by atoms with E-state index in [0.717, 1.165) is 60.4 Å². The van der Waals surface area contributed by atoms with Crippen LogP contribution < -0.4 is 10.6 Å². The molecule has 0 spiro atoms. The zero-order valence-electron chi connectivity index (χ0n) is 30.5. The fourth-order valence-corrected chi connectivity index (χ4v) is 8.19. The lowest BCUT2D eigenvalue weighted by molar-refractivity contribution is -0.144. The molecule has 11 nitrogen and oxygen atoms in total. The number of likely N-dealkylation sites (tertiary alicyclic amines) is 2. The van der Waals surface area contributed by atoms with E-state index in [1.165, 1.54) is 19.3 Å². The highest BCUT2D eigenvalue weighted by Crippen LogP contribution is 2.37. The lowest BCUT2D eigenvalue weighted by Crippen LogP contribution is -2.36. The Morgan fingerprint density at radius 1 is 0.907 bits per heavy atom. The topological polar surface area (TPSA) is 124 Å². The minimum Gasteiger partial charge on any atom is -0.392 e. The summed E-state index contributed by atoms with van der Waals surface area (Å²) < 4.78 is 44.2. The Labute approximate surface area is 311 Å². The van der Waals surface area contributed by atoms with E-state index in [1.54, 1.807) is 18.3 Å². The van der Waals surface area contributed by atoms with E-state index in [9.17, 15) is 23.1 Å². The molecule has 3 N–H and O–H groups in total. The van der Waals surface area contributed by atoms with Gasteiger partial charge >= 0.3 is 6.18 Å². The molecule has 1 amide bonds. The second-order valence-electron chi connectivity index (χ2n) is 14.8. The third-order valence-corrected chi connectivity index (χ3v) is 11.0. The van der Waals surface area contributed by atoms with Gasteiger partial charge in [-0.25, -0.2) is 9.97 Å². The first kappa shape index (κ1) is 36.1. The van der Waals surface area contributed by atoms with E-state index in [1.807, 2.05) is 59.8 Å². The normalized spacial score (nSPS) is 19.6. The van der Waals surface area contributed by atoms with Gasteiger partial charge in [-0.2, -0.15) is 18.3 Å². The number of nitrogens with one attached hydrogen (secondary N) is 2. The SMILES string of the molecule is Cc1c(NC(=O)c2cc3n(n2)CCC[C@H]3N2CCCCC2)cccc1-c1cccc(Nc2nc(C(F)(F)F)nc3cc(CN4CC[C@@H](O)C4)cnc23)c1C. The average Bonchev–Trinajstić information content (AvgIpc) is 3.79. The fraction of sp³-hybridized carbons (Fsp3) is 0.425. The number of hydrogen-bond acceptors (Lipinski definition) is 9. The summed E-state index contributed by atoms with van der Waals surface area (Å²) in [5.41, 5.74) is 7.01. The predicted molar refractivity (Wildman–Crippen MR) is 200 cm³/mol. The molecule has 0 aliphatic carbocycles. The van der Waals surface area contributed by atoms with Crippen LogP contribution >= 0.6 is 0 Å². The number of pyridine rings is 1. The molecule has 6 heterocycles. The van der Waals surface area contributed by atoms with Gasteiger partial charge in [0.1, 0.15) is 5.52 Å². The van der Waals surface area contributed by atoms with E-state index in [-0.39, 0.29) is 28.8 Å². The van der Waals surface area contributed by atoms with Crippen LogP contribution in [0.25, 0.3) is 22.2 Å². The van der Waals surface area contributed by atoms with Crippen molar-refractivity contribution in [2.24, 2.45) is 0 Å². The van der Waals surface area contributed by atoms with Crippen molar-refractivity contribution in [2.75, 3.05) is 36.8 Å². The maximum atomic E-state index is 14.1. The standard InChI is InChI=1S/C40H44F3N9O2/c1-24-28(29-10-7-12-31(25(29)2)46-38(54)33-20-35-34(13-8-17-52(35)49-33)51-15-4-3-5-16-51)9-6-11-30(24)45-37-36-32(47-39(48-37)40(41,42)43)19-26(21-44-36)22-50-18-14-27(53)23-50/h6-7,9-12,19-21,27,34,53H,3-5,8,13-18,22-23H2,1-2H3,(H,46,54)(H,45,47,48)/t27-,34-/m1/s1. The number of aliphatic hydroxyl groups is 1. The number of β-amino-alcohol motifs (C(OH)–C–C–N with tert-alkyl or cyclic N) is 1. The quantitative estimate of drug-likeness (QED) is 0.149. The first-order valence-electron chi connectivity index (χ1n) is 18.8. The van der Waals surface area contributed by atoms with Crippen LogP contribution in [0.1, 0.15) is 83.3 Å². The van der Waals surface area contributed by atoms with Gasteiger partial charge in [0, 0.05) is 43.8 Å². The zero-order chi connectivity index (χ0) is 37.6. The molecule has 282 valence electrons. The number of hydrogen-bond donors (Lipinski definition) is 3. The van der Waals surface area contributed by atoms with Crippen LogP contribution in [-0.4, -0.2) is 77.8 Å². The first-order chi connectivity index (χ1) is 26.0. The number of benzene rings is 2. The summed E-state index contributed by atoms with van der Waals surface area (Å²) in [4.78, 5) is 30.5. The van der Waals surface area contributed by atoms with Crippen LogP contribution in [0.2, 0.25) is 0 Å². The highest BCUT2D eigenvalue weighted by Gasteiger charge is 2.36. The zero-order valence-corrected chi connectivity index (χ0v) is 30.5. The maximum Gasteiger partial charge on any atom is 0.451 e. The Balaban J connectivity index is 1.05. The van der Waals surface area contributed by atoms with Crippen molar-refractivity contribution >= 4 is 34.1 Å². The molecule has 8 rings (SSSR count). The Kier molecular flexibility index (Phi) is 9.84. The van der Waals surface area contributed by atoms with Gasteiger partial charge in [0.15, 0.2) is 11.5 Å². The lowest BCUT2D eigenvalue weighted by Gasteiger charge is -2.36. The number of piperidine rings is 1. The van der Waals surface area contributed by atoms with Gasteiger partial charge in [-0.15, -0.1) is 0 Å². The van der Waals surface area contributed by atoms with E-state index >= 15 is 0 Å². The summed E-state index contributed by atoms with van der Waals surface area (Å²) in [5.74, 6) is -1.59. The van der Waals surface area contributed by atoms with Crippen LogP contribution in [0.3, 0.4) is 0 Å². The molecule has 0 radical (unpaired) electrons. The molecule has 0 bridgehead atoms. The van der Waals surface area contributed by atoms with Gasteiger partial charge in [-0.05, 0) is 111 Å². The molecule has 3 aliphatic rings. The molecule has 0 unspecified atom stereocenters. The number of nitrogens with zero attached hydrogens (tertiary/aromatic N) is 7. The number of aryl methyl sites for hydroxylation is 1. The molecule has 54 heavy (non-hydrogen) atoms. The van der Waals surface area contributed by atoms with Gasteiger partial charge in [0.05, 0.1) is 23.4 Å². The third kappa shape index (κ3) is 7.29. The molecule has 2 atom stereocenters. The van der Waals surface area contributed by atoms with Gasteiger partial charge < -0.3 is 15.7 Å². The molecular formula is C40H44F3N9O2. The molecule has 3 aliphatic heterocycles. The number of anilines is 3. The number of aliphatic hydroxyl groups excluding tert-OH is 1. The Morgan fingerprint density at radius 3 is 2.37 bits per heavy atom. The molecule has 0 saturated carbocycles. The van der Waals surface area contributed by atoms with Crippen molar-refractivity contribution in [1.82, 2.24) is 34.5 Å². The van der Waals surface area contributed by atoms with E-state index in [0.29, 0.717) is 48.7 Å². The molecule has 3 aromatic heterocycles. The summed E-state index contributed by atoms with van der Waals surface area (Å²) in [6, 6.07) is 15.1. The third-order valence-electron chi connectivity index (χ3n) is 11.0. The number of rotatable bonds is 8. The smallest absolute Gasteiger partial charge is 0.392 e.